The third-order valence-corrected chi connectivity index (χ3v) is 5.05. The van der Waals surface area contributed by atoms with E-state index in [1.54, 1.807) is 6.08 Å². The maximum Gasteiger partial charge on any atom is 0.247 e. The molecule has 0 radical (unpaired) electrons. The molecular weight excluding hydrogens is 392 g/mol. The number of anilines is 1. The SMILES string of the molecule is CN(C)c1ccc(C(=CC(=O)N2CCOCC2)c2ccccc2)cc1Br. The van der Waals surface area contributed by atoms with Gasteiger partial charge in [-0.2, -0.15) is 0 Å². The molecule has 5 heteroatoms. The van der Waals surface area contributed by atoms with Crippen LogP contribution in [0.15, 0.2) is 59.1 Å². The second kappa shape index (κ2) is 8.52. The van der Waals surface area contributed by atoms with Crippen LogP contribution in [0.3, 0.4) is 0 Å². The van der Waals surface area contributed by atoms with Crippen LogP contribution in [0.25, 0.3) is 5.57 Å². The summed E-state index contributed by atoms with van der Waals surface area (Å²) in [7, 11) is 4.02. The lowest BCUT2D eigenvalue weighted by atomic mass is 9.97. The molecule has 2 aromatic carbocycles. The number of benzene rings is 2. The van der Waals surface area contributed by atoms with Crippen LogP contribution in [0.2, 0.25) is 0 Å². The lowest BCUT2D eigenvalue weighted by Gasteiger charge is -2.26. The largest absolute Gasteiger partial charge is 0.378 e. The quantitative estimate of drug-likeness (QED) is 0.713. The molecule has 1 saturated heterocycles. The predicted octanol–water partition coefficient (Wildman–Crippen LogP) is 3.81. The molecule has 0 aromatic heterocycles. The first-order valence-electron chi connectivity index (χ1n) is 8.67. The van der Waals surface area contributed by atoms with Gasteiger partial charge in [0, 0.05) is 37.7 Å². The molecule has 0 bridgehead atoms. The summed E-state index contributed by atoms with van der Waals surface area (Å²) in [6, 6.07) is 16.2. The van der Waals surface area contributed by atoms with Gasteiger partial charge in [-0.1, -0.05) is 36.4 Å². The number of carbonyl (C=O) groups excluding carboxylic acids is 1. The molecule has 1 amide bonds. The van der Waals surface area contributed by atoms with Gasteiger partial charge in [0.1, 0.15) is 0 Å². The van der Waals surface area contributed by atoms with E-state index in [1.165, 1.54) is 0 Å². The highest BCUT2D eigenvalue weighted by molar-refractivity contribution is 9.10. The number of ether oxygens (including phenoxy) is 1. The van der Waals surface area contributed by atoms with Gasteiger partial charge < -0.3 is 14.5 Å². The number of rotatable bonds is 4. The normalized spacial score (nSPS) is 15.0. The molecule has 0 unspecified atom stereocenters. The Morgan fingerprint density at radius 3 is 2.38 bits per heavy atom. The molecule has 26 heavy (non-hydrogen) atoms. The van der Waals surface area contributed by atoms with Crippen LogP contribution < -0.4 is 4.90 Å². The Kier molecular flexibility index (Phi) is 6.12. The summed E-state index contributed by atoms with van der Waals surface area (Å²) in [6.07, 6.45) is 1.75. The van der Waals surface area contributed by atoms with Crippen LogP contribution in [0.5, 0.6) is 0 Å². The molecule has 0 N–H and O–H groups in total. The lowest BCUT2D eigenvalue weighted by molar-refractivity contribution is -0.129. The monoisotopic (exact) mass is 414 g/mol. The van der Waals surface area contributed by atoms with Crippen molar-refractivity contribution in [2.24, 2.45) is 0 Å². The molecule has 0 saturated carbocycles. The van der Waals surface area contributed by atoms with Crippen LogP contribution in [-0.4, -0.2) is 51.2 Å². The molecule has 0 atom stereocenters. The zero-order valence-electron chi connectivity index (χ0n) is 15.1. The average Bonchev–Trinajstić information content (AvgIpc) is 2.67. The number of hydrogen-bond acceptors (Lipinski definition) is 3. The fourth-order valence-corrected chi connectivity index (χ4v) is 3.72. The van der Waals surface area contributed by atoms with Gasteiger partial charge in [-0.25, -0.2) is 0 Å². The van der Waals surface area contributed by atoms with E-state index in [1.807, 2.05) is 49.3 Å². The second-order valence-corrected chi connectivity index (χ2v) is 7.28. The van der Waals surface area contributed by atoms with E-state index in [0.29, 0.717) is 26.3 Å². The van der Waals surface area contributed by atoms with Crippen molar-refractivity contribution >= 4 is 33.1 Å². The molecular formula is C21H23BrN2O2. The van der Waals surface area contributed by atoms with Crippen molar-refractivity contribution in [2.45, 2.75) is 0 Å². The summed E-state index contributed by atoms with van der Waals surface area (Å²) < 4.78 is 6.35. The zero-order chi connectivity index (χ0) is 18.5. The first-order chi connectivity index (χ1) is 12.6. The van der Waals surface area contributed by atoms with E-state index < -0.39 is 0 Å². The van der Waals surface area contributed by atoms with Crippen LogP contribution in [0.1, 0.15) is 11.1 Å². The third kappa shape index (κ3) is 4.34. The summed E-state index contributed by atoms with van der Waals surface area (Å²) in [5, 5.41) is 0. The molecule has 136 valence electrons. The summed E-state index contributed by atoms with van der Waals surface area (Å²) in [5.41, 5.74) is 4.06. The first kappa shape index (κ1) is 18.7. The minimum Gasteiger partial charge on any atom is -0.378 e. The van der Waals surface area contributed by atoms with Gasteiger partial charge in [-0.15, -0.1) is 0 Å². The minimum absolute atomic E-state index is 0.0277. The van der Waals surface area contributed by atoms with Crippen molar-refractivity contribution in [1.29, 1.82) is 0 Å². The number of hydrogen-bond donors (Lipinski definition) is 0. The lowest BCUT2D eigenvalue weighted by Crippen LogP contribution is -2.39. The minimum atomic E-state index is 0.0277. The van der Waals surface area contributed by atoms with Crippen molar-refractivity contribution in [2.75, 3.05) is 45.3 Å². The van der Waals surface area contributed by atoms with E-state index in [9.17, 15) is 4.79 Å². The van der Waals surface area contributed by atoms with Crippen molar-refractivity contribution in [3.63, 3.8) is 0 Å². The van der Waals surface area contributed by atoms with Gasteiger partial charge in [0.2, 0.25) is 5.91 Å². The smallest absolute Gasteiger partial charge is 0.247 e. The van der Waals surface area contributed by atoms with Crippen LogP contribution in [0, 0.1) is 0 Å². The van der Waals surface area contributed by atoms with Crippen LogP contribution >= 0.6 is 15.9 Å². The molecule has 1 heterocycles. The van der Waals surface area contributed by atoms with Gasteiger partial charge in [0.05, 0.1) is 18.9 Å². The maximum atomic E-state index is 12.8. The highest BCUT2D eigenvalue weighted by Gasteiger charge is 2.17. The Hall–Kier alpha value is -2.11. The molecule has 1 fully saturated rings. The molecule has 0 spiro atoms. The van der Waals surface area contributed by atoms with Crippen LogP contribution in [-0.2, 0) is 9.53 Å². The van der Waals surface area contributed by atoms with E-state index >= 15 is 0 Å². The Balaban J connectivity index is 2.00. The maximum absolute atomic E-state index is 12.8. The van der Waals surface area contributed by atoms with E-state index in [4.69, 9.17) is 4.74 Å². The fraction of sp³-hybridized carbons (Fsp3) is 0.286. The summed E-state index contributed by atoms with van der Waals surface area (Å²) >= 11 is 3.65. The van der Waals surface area contributed by atoms with Crippen molar-refractivity contribution < 1.29 is 9.53 Å². The molecule has 1 aliphatic rings. The topological polar surface area (TPSA) is 32.8 Å². The summed E-state index contributed by atoms with van der Waals surface area (Å²) in [6.45, 7) is 2.48. The van der Waals surface area contributed by atoms with Gasteiger partial charge in [-0.05, 0) is 44.8 Å². The van der Waals surface area contributed by atoms with Gasteiger partial charge in [0.25, 0.3) is 0 Å². The van der Waals surface area contributed by atoms with E-state index in [2.05, 4.69) is 39.0 Å². The standard InChI is InChI=1S/C21H23BrN2O2/c1-23(2)20-9-8-17(14-19(20)22)18(16-6-4-3-5-7-16)15-21(25)24-10-12-26-13-11-24/h3-9,14-15H,10-13H2,1-2H3. The Morgan fingerprint density at radius 1 is 1.08 bits per heavy atom. The highest BCUT2D eigenvalue weighted by Crippen LogP contribution is 2.31. The van der Waals surface area contributed by atoms with Crippen molar-refractivity contribution in [3.05, 3.63) is 70.2 Å². The van der Waals surface area contributed by atoms with E-state index in [-0.39, 0.29) is 5.91 Å². The summed E-state index contributed by atoms with van der Waals surface area (Å²) in [4.78, 5) is 16.7. The Bertz CT molecular complexity index is 797. The molecule has 0 aliphatic carbocycles. The summed E-state index contributed by atoms with van der Waals surface area (Å²) in [5.74, 6) is 0.0277. The second-order valence-electron chi connectivity index (χ2n) is 6.42. The molecule has 4 nitrogen and oxygen atoms in total. The van der Waals surface area contributed by atoms with E-state index in [0.717, 1.165) is 26.9 Å². The Morgan fingerprint density at radius 2 is 1.77 bits per heavy atom. The average molecular weight is 415 g/mol. The zero-order valence-corrected chi connectivity index (χ0v) is 16.7. The molecule has 2 aromatic rings. The highest BCUT2D eigenvalue weighted by atomic mass is 79.9. The number of morpholine rings is 1. The molecule has 1 aliphatic heterocycles. The number of nitrogens with zero attached hydrogens (tertiary/aromatic N) is 2. The number of amides is 1. The van der Waals surface area contributed by atoms with Crippen molar-refractivity contribution in [1.82, 2.24) is 4.90 Å². The number of carbonyl (C=O) groups is 1. The Labute approximate surface area is 163 Å². The van der Waals surface area contributed by atoms with Crippen LogP contribution in [0.4, 0.5) is 5.69 Å². The predicted molar refractivity (Wildman–Crippen MR) is 109 cm³/mol. The van der Waals surface area contributed by atoms with Crippen molar-refractivity contribution in [3.8, 4) is 0 Å². The van der Waals surface area contributed by atoms with Gasteiger partial charge >= 0.3 is 0 Å². The fourth-order valence-electron chi connectivity index (χ4n) is 2.99. The number of halogens is 1. The van der Waals surface area contributed by atoms with Gasteiger partial charge in [0.15, 0.2) is 0 Å². The first-order valence-corrected chi connectivity index (χ1v) is 9.46. The third-order valence-electron chi connectivity index (χ3n) is 4.42. The molecule has 3 rings (SSSR count). The van der Waals surface area contributed by atoms with Gasteiger partial charge in [-0.3, -0.25) is 4.79 Å².